The summed E-state index contributed by atoms with van der Waals surface area (Å²) in [7, 11) is 0. The molecule has 3 rings (SSSR count). The fourth-order valence-electron chi connectivity index (χ4n) is 2.52. The summed E-state index contributed by atoms with van der Waals surface area (Å²) in [5.41, 5.74) is 0.777. The molecule has 0 bridgehead atoms. The number of hydrogen-bond acceptors (Lipinski definition) is 5. The molecule has 0 spiro atoms. The van der Waals surface area contributed by atoms with Crippen LogP contribution in [0.5, 0.6) is 5.75 Å². The Kier molecular flexibility index (Phi) is 5.90. The predicted molar refractivity (Wildman–Crippen MR) is 88.3 cm³/mol. The van der Waals surface area contributed by atoms with Crippen molar-refractivity contribution in [3.05, 3.63) is 53.9 Å². The van der Waals surface area contributed by atoms with Gasteiger partial charge in [-0.25, -0.2) is 14.4 Å². The fourth-order valence-corrected chi connectivity index (χ4v) is 2.52. The quantitative estimate of drug-likeness (QED) is 0.871. The number of carbonyl (C=O) groups excluding carboxylic acids is 1. The molecule has 25 heavy (non-hydrogen) atoms. The number of para-hydroxylation sites is 1. The molecule has 1 fully saturated rings. The van der Waals surface area contributed by atoms with Gasteiger partial charge in [0.25, 0.3) is 5.91 Å². The van der Waals surface area contributed by atoms with E-state index in [-0.39, 0.29) is 30.9 Å². The number of ether oxygens (including phenoxy) is 2. The van der Waals surface area contributed by atoms with E-state index in [1.165, 1.54) is 12.1 Å². The van der Waals surface area contributed by atoms with Gasteiger partial charge >= 0.3 is 0 Å². The molecular formula is C18H20FN3O3. The summed E-state index contributed by atoms with van der Waals surface area (Å²) in [5.74, 6) is -0.109. The van der Waals surface area contributed by atoms with Gasteiger partial charge in [-0.2, -0.15) is 0 Å². The largest absolute Gasteiger partial charge is 0.481 e. The summed E-state index contributed by atoms with van der Waals surface area (Å²) in [5, 5.41) is 2.69. The monoisotopic (exact) mass is 345 g/mol. The molecule has 0 unspecified atom stereocenters. The van der Waals surface area contributed by atoms with E-state index in [4.69, 9.17) is 9.47 Å². The molecule has 1 aliphatic heterocycles. The van der Waals surface area contributed by atoms with Gasteiger partial charge in [0.2, 0.25) is 0 Å². The van der Waals surface area contributed by atoms with Gasteiger partial charge in [-0.15, -0.1) is 0 Å². The number of halogens is 1. The second kappa shape index (κ2) is 8.53. The van der Waals surface area contributed by atoms with Gasteiger partial charge in [-0.05, 0) is 31.4 Å². The normalized spacial score (nSPS) is 17.1. The summed E-state index contributed by atoms with van der Waals surface area (Å²) >= 11 is 0. The van der Waals surface area contributed by atoms with Crippen LogP contribution in [0.25, 0.3) is 0 Å². The Hall–Kier alpha value is -2.54. The molecule has 1 aromatic heterocycles. The van der Waals surface area contributed by atoms with Crippen LogP contribution < -0.4 is 10.1 Å². The van der Waals surface area contributed by atoms with Crippen LogP contribution in [0.1, 0.15) is 36.8 Å². The molecule has 0 saturated carbocycles. The molecule has 1 aliphatic rings. The lowest BCUT2D eigenvalue weighted by Gasteiger charge is -2.21. The Morgan fingerprint density at radius 2 is 2.08 bits per heavy atom. The van der Waals surface area contributed by atoms with Crippen LogP contribution in [-0.2, 0) is 16.1 Å². The van der Waals surface area contributed by atoms with Crippen molar-refractivity contribution in [1.82, 2.24) is 15.3 Å². The van der Waals surface area contributed by atoms with Gasteiger partial charge in [0.05, 0.1) is 0 Å². The molecule has 6 nitrogen and oxygen atoms in total. The Balaban J connectivity index is 1.44. The summed E-state index contributed by atoms with van der Waals surface area (Å²) in [6.45, 7) is 0.773. The number of carbonyl (C=O) groups is 1. The number of nitrogens with zero attached hydrogens (tertiary/aromatic N) is 2. The lowest BCUT2D eigenvalue weighted by atomic mass is 10.1. The van der Waals surface area contributed by atoms with E-state index in [1.807, 2.05) is 0 Å². The third-order valence-electron chi connectivity index (χ3n) is 3.88. The molecule has 0 radical (unpaired) electrons. The van der Waals surface area contributed by atoms with E-state index in [1.54, 1.807) is 24.5 Å². The van der Waals surface area contributed by atoms with Crippen molar-refractivity contribution in [2.75, 3.05) is 13.2 Å². The Labute approximate surface area is 145 Å². The highest BCUT2D eigenvalue weighted by Crippen LogP contribution is 2.24. The Bertz CT molecular complexity index is 703. The average Bonchev–Trinajstić information content (AvgIpc) is 2.67. The molecule has 0 aliphatic carbocycles. The number of aromatic nitrogens is 2. The average molecular weight is 345 g/mol. The van der Waals surface area contributed by atoms with Crippen LogP contribution >= 0.6 is 0 Å². The molecule has 2 heterocycles. The van der Waals surface area contributed by atoms with Crippen LogP contribution in [0.3, 0.4) is 0 Å². The van der Waals surface area contributed by atoms with Gasteiger partial charge in [0, 0.05) is 31.1 Å². The second-order valence-electron chi connectivity index (χ2n) is 5.80. The molecule has 132 valence electrons. The zero-order chi connectivity index (χ0) is 17.5. The van der Waals surface area contributed by atoms with Crippen molar-refractivity contribution < 1.29 is 18.7 Å². The first-order valence-electron chi connectivity index (χ1n) is 8.29. The van der Waals surface area contributed by atoms with Crippen molar-refractivity contribution in [3.8, 4) is 5.75 Å². The van der Waals surface area contributed by atoms with E-state index in [0.717, 1.165) is 31.4 Å². The maximum absolute atomic E-state index is 13.4. The highest BCUT2D eigenvalue weighted by molar-refractivity contribution is 5.77. The van der Waals surface area contributed by atoms with Gasteiger partial charge in [0.1, 0.15) is 6.10 Å². The zero-order valence-corrected chi connectivity index (χ0v) is 13.8. The Morgan fingerprint density at radius 3 is 2.80 bits per heavy atom. The zero-order valence-electron chi connectivity index (χ0n) is 13.8. The van der Waals surface area contributed by atoms with Crippen molar-refractivity contribution in [1.29, 1.82) is 0 Å². The lowest BCUT2D eigenvalue weighted by molar-refractivity contribution is -0.123. The number of benzene rings is 1. The van der Waals surface area contributed by atoms with E-state index >= 15 is 0 Å². The Morgan fingerprint density at radius 1 is 1.28 bits per heavy atom. The molecule has 2 aromatic rings. The van der Waals surface area contributed by atoms with Gasteiger partial charge in [-0.3, -0.25) is 4.79 Å². The van der Waals surface area contributed by atoms with Crippen LogP contribution in [0.2, 0.25) is 0 Å². The summed E-state index contributed by atoms with van der Waals surface area (Å²) in [6, 6.07) is 5.96. The van der Waals surface area contributed by atoms with E-state index in [0.29, 0.717) is 5.82 Å². The maximum atomic E-state index is 13.4. The second-order valence-corrected chi connectivity index (χ2v) is 5.80. The van der Waals surface area contributed by atoms with Crippen LogP contribution in [0.15, 0.2) is 36.7 Å². The minimum Gasteiger partial charge on any atom is -0.481 e. The third-order valence-corrected chi connectivity index (χ3v) is 3.88. The van der Waals surface area contributed by atoms with Crippen molar-refractivity contribution in [3.63, 3.8) is 0 Å². The van der Waals surface area contributed by atoms with E-state index in [9.17, 15) is 9.18 Å². The highest BCUT2D eigenvalue weighted by Gasteiger charge is 2.18. The first kappa shape index (κ1) is 17.3. The van der Waals surface area contributed by atoms with E-state index in [2.05, 4.69) is 15.3 Å². The molecule has 1 atom stereocenters. The van der Waals surface area contributed by atoms with Crippen molar-refractivity contribution >= 4 is 5.91 Å². The third kappa shape index (κ3) is 4.96. The SMILES string of the molecule is O=C(COc1ccccc1F)NCc1cnc([C@@H]2CCCCO2)nc1. The molecule has 1 amide bonds. The maximum Gasteiger partial charge on any atom is 0.258 e. The van der Waals surface area contributed by atoms with Crippen LogP contribution in [0, 0.1) is 5.82 Å². The van der Waals surface area contributed by atoms with Gasteiger partial charge in [-0.1, -0.05) is 12.1 Å². The fraction of sp³-hybridized carbons (Fsp3) is 0.389. The summed E-state index contributed by atoms with van der Waals surface area (Å²) in [4.78, 5) is 20.4. The van der Waals surface area contributed by atoms with Crippen molar-refractivity contribution in [2.24, 2.45) is 0 Å². The smallest absolute Gasteiger partial charge is 0.258 e. The van der Waals surface area contributed by atoms with Crippen LogP contribution in [0.4, 0.5) is 4.39 Å². The first-order chi connectivity index (χ1) is 12.2. The van der Waals surface area contributed by atoms with Crippen molar-refractivity contribution in [2.45, 2.75) is 31.9 Å². The van der Waals surface area contributed by atoms with E-state index < -0.39 is 5.82 Å². The minimum atomic E-state index is -0.496. The predicted octanol–water partition coefficient (Wildman–Crippen LogP) is 2.55. The minimum absolute atomic E-state index is 0.0356. The molecule has 1 N–H and O–H groups in total. The topological polar surface area (TPSA) is 73.3 Å². The highest BCUT2D eigenvalue weighted by atomic mass is 19.1. The number of rotatable bonds is 6. The standard InChI is InChI=1S/C18H20FN3O3/c19-14-5-1-2-6-15(14)25-12-17(23)20-9-13-10-21-18(22-11-13)16-7-3-4-8-24-16/h1-2,5-6,10-11,16H,3-4,7-9,12H2,(H,20,23)/t16-/m0/s1. The summed E-state index contributed by atoms with van der Waals surface area (Å²) < 4.78 is 24.2. The number of nitrogens with one attached hydrogen (secondary N) is 1. The molecular weight excluding hydrogens is 325 g/mol. The van der Waals surface area contributed by atoms with Gasteiger partial charge in [0.15, 0.2) is 24.0 Å². The number of hydrogen-bond donors (Lipinski definition) is 1. The molecule has 7 heteroatoms. The lowest BCUT2D eigenvalue weighted by Crippen LogP contribution is -2.28. The first-order valence-corrected chi connectivity index (χ1v) is 8.29. The number of amides is 1. The van der Waals surface area contributed by atoms with Crippen LogP contribution in [-0.4, -0.2) is 29.1 Å². The molecule has 1 aromatic carbocycles. The molecule has 1 saturated heterocycles. The van der Waals surface area contributed by atoms with Gasteiger partial charge < -0.3 is 14.8 Å². The summed E-state index contributed by atoms with van der Waals surface area (Å²) in [6.07, 6.45) is 6.45.